The van der Waals surface area contributed by atoms with Gasteiger partial charge in [0, 0.05) is 56.4 Å². The highest BCUT2D eigenvalue weighted by Gasteiger charge is 2.19. The molecule has 4 nitrogen and oxygen atoms in total. The molecule has 2 aromatic carbocycles. The fourth-order valence-electron chi connectivity index (χ4n) is 3.68. The van der Waals surface area contributed by atoms with E-state index in [1.807, 2.05) is 24.3 Å². The highest BCUT2D eigenvalue weighted by atomic mass is 35.5. The molecular formula is C23H30ClN3O. The zero-order valence-electron chi connectivity index (χ0n) is 16.9. The van der Waals surface area contributed by atoms with Crippen LogP contribution in [0.4, 0.5) is 5.69 Å². The summed E-state index contributed by atoms with van der Waals surface area (Å²) in [5, 5.41) is 3.76. The van der Waals surface area contributed by atoms with Gasteiger partial charge in [-0.15, -0.1) is 0 Å². The molecule has 28 heavy (non-hydrogen) atoms. The topological polar surface area (TPSA) is 35.6 Å². The van der Waals surface area contributed by atoms with Crippen LogP contribution in [0.25, 0.3) is 0 Å². The predicted octanol–water partition coefficient (Wildman–Crippen LogP) is 3.83. The van der Waals surface area contributed by atoms with Crippen molar-refractivity contribution >= 4 is 23.2 Å². The molecule has 1 saturated heterocycles. The summed E-state index contributed by atoms with van der Waals surface area (Å²) in [4.78, 5) is 17.0. The van der Waals surface area contributed by atoms with Gasteiger partial charge in [0.1, 0.15) is 0 Å². The number of halogens is 1. The highest BCUT2D eigenvalue weighted by molar-refractivity contribution is 6.30. The Labute approximate surface area is 173 Å². The number of benzene rings is 2. The molecule has 1 amide bonds. The van der Waals surface area contributed by atoms with Gasteiger partial charge in [0.15, 0.2) is 0 Å². The average molecular weight is 400 g/mol. The van der Waals surface area contributed by atoms with Gasteiger partial charge in [-0.3, -0.25) is 9.69 Å². The first-order chi connectivity index (χ1) is 13.5. The van der Waals surface area contributed by atoms with Gasteiger partial charge in [0.05, 0.1) is 0 Å². The molecule has 0 aromatic heterocycles. The van der Waals surface area contributed by atoms with Crippen LogP contribution in [0.15, 0.2) is 42.5 Å². The minimum absolute atomic E-state index is 0.124. The molecular weight excluding hydrogens is 370 g/mol. The largest absolute Gasteiger partial charge is 0.369 e. The first-order valence-electron chi connectivity index (χ1n) is 10.1. The van der Waals surface area contributed by atoms with E-state index in [-0.39, 0.29) is 5.91 Å². The van der Waals surface area contributed by atoms with Crippen LogP contribution in [0.2, 0.25) is 5.02 Å². The van der Waals surface area contributed by atoms with E-state index in [0.717, 1.165) is 49.7 Å². The minimum Gasteiger partial charge on any atom is -0.369 e. The van der Waals surface area contributed by atoms with E-state index in [4.69, 9.17) is 11.6 Å². The molecule has 1 aliphatic rings. The second kappa shape index (κ2) is 9.94. The monoisotopic (exact) mass is 399 g/mol. The Kier molecular flexibility index (Phi) is 7.35. The van der Waals surface area contributed by atoms with Crippen LogP contribution in [0, 0.1) is 13.8 Å². The number of aryl methyl sites for hydroxylation is 1. The number of rotatable bonds is 7. The molecule has 5 heteroatoms. The molecule has 0 atom stereocenters. The van der Waals surface area contributed by atoms with Crippen LogP contribution in [-0.4, -0.2) is 50.1 Å². The average Bonchev–Trinajstić information content (AvgIpc) is 2.69. The smallest absolute Gasteiger partial charge is 0.221 e. The van der Waals surface area contributed by atoms with Gasteiger partial charge in [-0.2, -0.15) is 0 Å². The predicted molar refractivity (Wildman–Crippen MR) is 117 cm³/mol. The maximum atomic E-state index is 12.1. The van der Waals surface area contributed by atoms with Crippen molar-refractivity contribution in [2.45, 2.75) is 26.7 Å². The van der Waals surface area contributed by atoms with Crippen molar-refractivity contribution < 1.29 is 4.79 Å². The van der Waals surface area contributed by atoms with E-state index in [9.17, 15) is 4.79 Å². The van der Waals surface area contributed by atoms with Crippen LogP contribution >= 0.6 is 11.6 Å². The summed E-state index contributed by atoms with van der Waals surface area (Å²) >= 11 is 5.99. The van der Waals surface area contributed by atoms with Gasteiger partial charge in [0.2, 0.25) is 5.91 Å². The highest BCUT2D eigenvalue weighted by Crippen LogP contribution is 2.23. The van der Waals surface area contributed by atoms with E-state index in [1.54, 1.807) is 0 Å². The van der Waals surface area contributed by atoms with Crippen LogP contribution in [0.3, 0.4) is 0 Å². The number of hydrogen-bond donors (Lipinski definition) is 1. The Morgan fingerprint density at radius 2 is 1.82 bits per heavy atom. The van der Waals surface area contributed by atoms with E-state index in [0.29, 0.717) is 13.0 Å². The summed E-state index contributed by atoms with van der Waals surface area (Å²) < 4.78 is 0. The zero-order chi connectivity index (χ0) is 19.9. The first kappa shape index (κ1) is 20.7. The van der Waals surface area contributed by atoms with Crippen molar-refractivity contribution in [2.24, 2.45) is 0 Å². The van der Waals surface area contributed by atoms with Crippen LogP contribution < -0.4 is 10.2 Å². The van der Waals surface area contributed by atoms with E-state index >= 15 is 0 Å². The Hall–Kier alpha value is -2.04. The maximum absolute atomic E-state index is 12.1. The second-order valence-electron chi connectivity index (χ2n) is 7.53. The van der Waals surface area contributed by atoms with Gasteiger partial charge >= 0.3 is 0 Å². The quantitative estimate of drug-likeness (QED) is 0.768. The molecule has 0 saturated carbocycles. The number of nitrogens with zero attached hydrogens (tertiary/aromatic N) is 2. The van der Waals surface area contributed by atoms with Gasteiger partial charge < -0.3 is 10.2 Å². The fraction of sp³-hybridized carbons (Fsp3) is 0.435. The molecule has 0 spiro atoms. The molecule has 1 N–H and O–H groups in total. The van der Waals surface area contributed by atoms with Crippen molar-refractivity contribution in [3.8, 4) is 0 Å². The molecule has 0 aliphatic carbocycles. The number of carbonyl (C=O) groups is 1. The summed E-state index contributed by atoms with van der Waals surface area (Å²) in [7, 11) is 0. The molecule has 1 fully saturated rings. The number of piperazine rings is 1. The van der Waals surface area contributed by atoms with Crippen molar-refractivity contribution in [3.63, 3.8) is 0 Å². The zero-order valence-corrected chi connectivity index (χ0v) is 17.6. The molecule has 0 unspecified atom stereocenters. The van der Waals surface area contributed by atoms with Crippen LogP contribution in [-0.2, 0) is 11.2 Å². The number of amides is 1. The normalized spacial score (nSPS) is 14.9. The summed E-state index contributed by atoms with van der Waals surface area (Å²) in [6, 6.07) is 14.3. The van der Waals surface area contributed by atoms with Gasteiger partial charge in [-0.1, -0.05) is 35.9 Å². The molecule has 0 radical (unpaired) electrons. The van der Waals surface area contributed by atoms with Gasteiger partial charge in [-0.25, -0.2) is 0 Å². The lowest BCUT2D eigenvalue weighted by Crippen LogP contribution is -2.47. The summed E-state index contributed by atoms with van der Waals surface area (Å²) in [6.07, 6.45) is 1.36. The van der Waals surface area contributed by atoms with E-state index in [1.165, 1.54) is 16.8 Å². The molecule has 3 rings (SSSR count). The van der Waals surface area contributed by atoms with Crippen molar-refractivity contribution in [1.82, 2.24) is 10.2 Å². The van der Waals surface area contributed by atoms with Crippen molar-refractivity contribution in [1.29, 1.82) is 0 Å². The minimum atomic E-state index is 0.124. The van der Waals surface area contributed by atoms with E-state index in [2.05, 4.69) is 47.2 Å². The lowest BCUT2D eigenvalue weighted by molar-refractivity contribution is -0.121. The van der Waals surface area contributed by atoms with Crippen molar-refractivity contribution in [2.75, 3.05) is 44.2 Å². The number of anilines is 1. The lowest BCUT2D eigenvalue weighted by atomic mass is 10.1. The Bertz CT molecular complexity index is 800. The lowest BCUT2D eigenvalue weighted by Gasteiger charge is -2.37. The number of hydrogen-bond acceptors (Lipinski definition) is 3. The Balaban J connectivity index is 1.36. The molecule has 1 aliphatic heterocycles. The third kappa shape index (κ3) is 5.73. The molecule has 0 bridgehead atoms. The Morgan fingerprint density at radius 3 is 2.57 bits per heavy atom. The van der Waals surface area contributed by atoms with Crippen molar-refractivity contribution in [3.05, 3.63) is 64.2 Å². The number of nitrogens with one attached hydrogen (secondary N) is 1. The van der Waals surface area contributed by atoms with Crippen LogP contribution in [0.5, 0.6) is 0 Å². The third-order valence-electron chi connectivity index (χ3n) is 5.57. The molecule has 1 heterocycles. The SMILES string of the molecule is Cc1cccc(N2CCN(CCC(=O)NCCc3cccc(Cl)c3)CC2)c1C. The van der Waals surface area contributed by atoms with E-state index < -0.39 is 0 Å². The molecule has 150 valence electrons. The fourth-order valence-corrected chi connectivity index (χ4v) is 3.89. The number of carbonyl (C=O) groups excluding carboxylic acids is 1. The second-order valence-corrected chi connectivity index (χ2v) is 7.96. The van der Waals surface area contributed by atoms with Crippen LogP contribution in [0.1, 0.15) is 23.1 Å². The summed E-state index contributed by atoms with van der Waals surface area (Å²) in [5.41, 5.74) is 5.21. The third-order valence-corrected chi connectivity index (χ3v) is 5.80. The van der Waals surface area contributed by atoms with Gasteiger partial charge in [-0.05, 0) is 55.2 Å². The summed E-state index contributed by atoms with van der Waals surface area (Å²) in [6.45, 7) is 9.88. The molecule has 2 aromatic rings. The summed E-state index contributed by atoms with van der Waals surface area (Å²) in [5.74, 6) is 0.124. The maximum Gasteiger partial charge on any atom is 0.221 e. The Morgan fingerprint density at radius 1 is 1.07 bits per heavy atom. The first-order valence-corrected chi connectivity index (χ1v) is 10.5. The standard InChI is InChI=1S/C23H30ClN3O/c1-18-5-3-8-22(19(18)2)27-15-13-26(14-16-27)12-10-23(28)25-11-9-20-6-4-7-21(24)17-20/h3-8,17H,9-16H2,1-2H3,(H,25,28). The van der Waals surface area contributed by atoms with Gasteiger partial charge in [0.25, 0.3) is 0 Å².